The lowest BCUT2D eigenvalue weighted by atomic mass is 9.75. The summed E-state index contributed by atoms with van der Waals surface area (Å²) in [5.41, 5.74) is 5.68. The number of carbonyl (C=O) groups excluding carboxylic acids is 1. The van der Waals surface area contributed by atoms with Gasteiger partial charge in [0.15, 0.2) is 11.4 Å². The zero-order chi connectivity index (χ0) is 24.7. The maximum absolute atomic E-state index is 13.4. The van der Waals surface area contributed by atoms with Gasteiger partial charge in [0.2, 0.25) is 0 Å². The standard InChI is InChI=1S/C29H29N5O2/c1-19-12-22(8-11-30-19)27-25-14-21(6-7-23(25)16-32-27)26(35)13-20-4-2-9-29(36,15-20)18-34-28-24(17-33-34)5-3-10-31-28/h3,5-8,10-12,14,17,20,36H,2,4,9,13,15-16,18H2,1H3/t20-,29-/m0/s1. The molecule has 7 nitrogen and oxygen atoms in total. The van der Waals surface area contributed by atoms with E-state index in [2.05, 4.69) is 15.1 Å². The Kier molecular flexibility index (Phi) is 5.72. The van der Waals surface area contributed by atoms with E-state index in [1.165, 1.54) is 0 Å². The summed E-state index contributed by atoms with van der Waals surface area (Å²) in [4.78, 5) is 26.8. The highest BCUT2D eigenvalue weighted by Crippen LogP contribution is 2.36. The molecule has 0 saturated heterocycles. The molecule has 4 heterocycles. The monoisotopic (exact) mass is 479 g/mol. The van der Waals surface area contributed by atoms with E-state index in [4.69, 9.17) is 4.99 Å². The third kappa shape index (κ3) is 4.35. The van der Waals surface area contributed by atoms with Gasteiger partial charge in [-0.3, -0.25) is 14.8 Å². The van der Waals surface area contributed by atoms with Crippen LogP contribution in [0.2, 0.25) is 0 Å². The van der Waals surface area contributed by atoms with Crippen LogP contribution in [-0.2, 0) is 13.1 Å². The molecule has 0 radical (unpaired) electrons. The van der Waals surface area contributed by atoms with Crippen molar-refractivity contribution in [3.05, 3.63) is 89.0 Å². The first-order valence-electron chi connectivity index (χ1n) is 12.6. The molecule has 1 N–H and O–H groups in total. The van der Waals surface area contributed by atoms with Gasteiger partial charge in [0, 0.05) is 46.6 Å². The van der Waals surface area contributed by atoms with Crippen molar-refractivity contribution < 1.29 is 9.90 Å². The van der Waals surface area contributed by atoms with E-state index in [0.717, 1.165) is 52.0 Å². The number of rotatable bonds is 6. The van der Waals surface area contributed by atoms with E-state index in [1.807, 2.05) is 49.4 Å². The third-order valence-corrected chi connectivity index (χ3v) is 7.50. The maximum atomic E-state index is 13.4. The maximum Gasteiger partial charge on any atom is 0.163 e. The predicted octanol–water partition coefficient (Wildman–Crippen LogP) is 4.68. The molecule has 6 rings (SSSR count). The van der Waals surface area contributed by atoms with Crippen molar-refractivity contribution in [2.45, 2.75) is 57.7 Å². The van der Waals surface area contributed by atoms with Crippen LogP contribution in [0.25, 0.3) is 11.0 Å². The number of hydrogen-bond donors (Lipinski definition) is 1. The molecule has 3 aromatic heterocycles. The SMILES string of the molecule is Cc1cc(C2=NCc3ccc(C(=O)C[C@@H]4CCC[C@@](O)(Cn5ncc6cccnc65)C4)cc32)ccn1. The molecular weight excluding hydrogens is 450 g/mol. The van der Waals surface area contributed by atoms with Crippen molar-refractivity contribution in [3.8, 4) is 0 Å². The number of nitrogens with zero attached hydrogens (tertiary/aromatic N) is 5. The normalized spacial score (nSPS) is 21.4. The number of fused-ring (bicyclic) bond motifs is 2. The molecule has 0 unspecified atom stereocenters. The molecule has 0 spiro atoms. The number of ketones is 1. The number of aliphatic imine (C=N–C) groups is 1. The number of pyridine rings is 2. The second-order valence-corrected chi connectivity index (χ2v) is 10.3. The van der Waals surface area contributed by atoms with Crippen molar-refractivity contribution in [2.24, 2.45) is 10.9 Å². The van der Waals surface area contributed by atoms with Crippen molar-refractivity contribution >= 4 is 22.5 Å². The first-order chi connectivity index (χ1) is 17.5. The minimum atomic E-state index is -0.892. The van der Waals surface area contributed by atoms with Crippen molar-refractivity contribution in [1.82, 2.24) is 19.7 Å². The zero-order valence-electron chi connectivity index (χ0n) is 20.4. The number of aliphatic hydroxyl groups is 1. The number of benzene rings is 1. The third-order valence-electron chi connectivity index (χ3n) is 7.50. The van der Waals surface area contributed by atoms with E-state index >= 15 is 0 Å². The Hall–Kier alpha value is -3.71. The number of aromatic nitrogens is 4. The Morgan fingerprint density at radius 3 is 2.97 bits per heavy atom. The summed E-state index contributed by atoms with van der Waals surface area (Å²) >= 11 is 0. The highest BCUT2D eigenvalue weighted by Gasteiger charge is 2.36. The zero-order valence-corrected chi connectivity index (χ0v) is 20.4. The van der Waals surface area contributed by atoms with Crippen LogP contribution in [-0.4, -0.2) is 42.0 Å². The van der Waals surface area contributed by atoms with Crippen LogP contribution in [0.3, 0.4) is 0 Å². The molecule has 7 heteroatoms. The molecular formula is C29H29N5O2. The second-order valence-electron chi connectivity index (χ2n) is 10.3. The summed E-state index contributed by atoms with van der Waals surface area (Å²) in [6.45, 7) is 2.99. The van der Waals surface area contributed by atoms with Gasteiger partial charge in [-0.2, -0.15) is 5.10 Å². The molecule has 1 aromatic carbocycles. The average Bonchev–Trinajstić information content (AvgIpc) is 3.48. The summed E-state index contributed by atoms with van der Waals surface area (Å²) in [6, 6.07) is 13.8. The quantitative estimate of drug-likeness (QED) is 0.405. The Bertz CT molecular complexity index is 1490. The summed E-state index contributed by atoms with van der Waals surface area (Å²) < 4.78 is 1.79. The lowest BCUT2D eigenvalue weighted by Crippen LogP contribution is -2.40. The molecule has 1 aliphatic heterocycles. The Balaban J connectivity index is 1.17. The van der Waals surface area contributed by atoms with E-state index in [9.17, 15) is 9.90 Å². The predicted molar refractivity (Wildman–Crippen MR) is 138 cm³/mol. The minimum Gasteiger partial charge on any atom is -0.388 e. The van der Waals surface area contributed by atoms with Crippen molar-refractivity contribution in [2.75, 3.05) is 0 Å². The lowest BCUT2D eigenvalue weighted by Gasteiger charge is -2.36. The molecule has 4 aromatic rings. The molecule has 2 atom stereocenters. The smallest absolute Gasteiger partial charge is 0.163 e. The van der Waals surface area contributed by atoms with E-state index < -0.39 is 5.60 Å². The fourth-order valence-electron chi connectivity index (χ4n) is 5.76. The topological polar surface area (TPSA) is 93.3 Å². The second kappa shape index (κ2) is 9.06. The van der Waals surface area contributed by atoms with Gasteiger partial charge in [0.05, 0.1) is 30.6 Å². The van der Waals surface area contributed by atoms with Crippen LogP contribution in [0, 0.1) is 12.8 Å². The summed E-state index contributed by atoms with van der Waals surface area (Å²) in [5, 5.41) is 16.9. The first kappa shape index (κ1) is 22.7. The van der Waals surface area contributed by atoms with Gasteiger partial charge >= 0.3 is 0 Å². The molecule has 0 amide bonds. The number of aryl methyl sites for hydroxylation is 1. The van der Waals surface area contributed by atoms with E-state index in [-0.39, 0.29) is 11.7 Å². The lowest BCUT2D eigenvalue weighted by molar-refractivity contribution is -0.0319. The molecule has 182 valence electrons. The van der Waals surface area contributed by atoms with E-state index in [0.29, 0.717) is 37.9 Å². The Labute approximate surface area is 209 Å². The Morgan fingerprint density at radius 2 is 2.08 bits per heavy atom. The molecule has 1 fully saturated rings. The molecule has 1 aliphatic carbocycles. The highest BCUT2D eigenvalue weighted by atomic mass is 16.3. The van der Waals surface area contributed by atoms with Crippen LogP contribution in [0.15, 0.2) is 66.0 Å². The van der Waals surface area contributed by atoms with Gasteiger partial charge in [0.1, 0.15) is 0 Å². The fraction of sp³-hybridized carbons (Fsp3) is 0.345. The van der Waals surface area contributed by atoms with Gasteiger partial charge < -0.3 is 5.11 Å². The van der Waals surface area contributed by atoms with Crippen LogP contribution >= 0.6 is 0 Å². The average molecular weight is 480 g/mol. The number of Topliss-reactive ketones (excluding diaryl/α,β-unsaturated/α-hetero) is 1. The number of carbonyl (C=O) groups is 1. The highest BCUT2D eigenvalue weighted by molar-refractivity contribution is 6.16. The van der Waals surface area contributed by atoms with Crippen LogP contribution in [0.1, 0.15) is 64.8 Å². The van der Waals surface area contributed by atoms with Crippen LogP contribution in [0.4, 0.5) is 0 Å². The van der Waals surface area contributed by atoms with E-state index in [1.54, 1.807) is 23.3 Å². The molecule has 2 aliphatic rings. The van der Waals surface area contributed by atoms with Gasteiger partial charge in [-0.25, -0.2) is 9.67 Å². The van der Waals surface area contributed by atoms with Crippen LogP contribution < -0.4 is 0 Å². The minimum absolute atomic E-state index is 0.121. The van der Waals surface area contributed by atoms with Gasteiger partial charge in [-0.15, -0.1) is 0 Å². The summed E-state index contributed by atoms with van der Waals surface area (Å²) in [7, 11) is 0. The fourth-order valence-corrected chi connectivity index (χ4v) is 5.76. The van der Waals surface area contributed by atoms with Gasteiger partial charge in [0.25, 0.3) is 0 Å². The molecule has 1 saturated carbocycles. The van der Waals surface area contributed by atoms with Crippen molar-refractivity contribution in [3.63, 3.8) is 0 Å². The summed E-state index contributed by atoms with van der Waals surface area (Å²) in [5.74, 6) is 0.255. The summed E-state index contributed by atoms with van der Waals surface area (Å²) in [6.07, 6.45) is 8.89. The van der Waals surface area contributed by atoms with Gasteiger partial charge in [-0.05, 0) is 68.0 Å². The Morgan fingerprint density at radius 1 is 1.17 bits per heavy atom. The van der Waals surface area contributed by atoms with Crippen LogP contribution in [0.5, 0.6) is 0 Å². The molecule has 0 bridgehead atoms. The molecule has 36 heavy (non-hydrogen) atoms. The number of hydrogen-bond acceptors (Lipinski definition) is 6. The largest absolute Gasteiger partial charge is 0.388 e. The van der Waals surface area contributed by atoms with Gasteiger partial charge in [-0.1, -0.05) is 18.6 Å². The first-order valence-corrected chi connectivity index (χ1v) is 12.6. The van der Waals surface area contributed by atoms with Crippen molar-refractivity contribution in [1.29, 1.82) is 0 Å².